The molecule has 298 valence electrons. The van der Waals surface area contributed by atoms with E-state index in [4.69, 9.17) is 4.74 Å². The highest BCUT2D eigenvalue weighted by Gasteiger charge is 2.36. The van der Waals surface area contributed by atoms with Gasteiger partial charge in [-0.25, -0.2) is 0 Å². The third-order valence-corrected chi connectivity index (χ3v) is 10.7. The number of Topliss-reactive ketones (excluding diaryl/α,β-unsaturated/α-hetero) is 2. The van der Waals surface area contributed by atoms with Gasteiger partial charge in [-0.1, -0.05) is 141 Å². The topological polar surface area (TPSA) is 83.8 Å². The summed E-state index contributed by atoms with van der Waals surface area (Å²) in [5.41, 5.74) is 2.08. The van der Waals surface area contributed by atoms with Crippen LogP contribution in [0.15, 0.2) is 53.3 Å². The fourth-order valence-electron chi connectivity index (χ4n) is 7.51. The van der Waals surface area contributed by atoms with Crippen molar-refractivity contribution in [2.45, 2.75) is 201 Å². The minimum absolute atomic E-state index is 0.0344. The summed E-state index contributed by atoms with van der Waals surface area (Å²) in [6.07, 6.45) is 41.6. The SMILES string of the molecule is CCCCCCCC/C=C\CCCCCCCC1=C(c2c(O)cc(O)cc2CCCCCCC/C=C\CCCCCCCC)C(=O)C(C)=C(OC)C1=O. The summed E-state index contributed by atoms with van der Waals surface area (Å²) in [4.78, 5) is 27.6. The number of benzene rings is 1. The number of carbonyl (C=O) groups excluding carboxylic acids is 2. The van der Waals surface area contributed by atoms with Gasteiger partial charge in [-0.2, -0.15) is 0 Å². The van der Waals surface area contributed by atoms with Crippen LogP contribution in [0.3, 0.4) is 0 Å². The van der Waals surface area contributed by atoms with Gasteiger partial charge in [-0.15, -0.1) is 0 Å². The predicted molar refractivity (Wildman–Crippen MR) is 224 cm³/mol. The molecule has 1 aliphatic carbocycles. The number of unbranched alkanes of at least 4 members (excludes halogenated alkanes) is 22. The second-order valence-electron chi connectivity index (χ2n) is 15.3. The zero-order valence-corrected chi connectivity index (χ0v) is 34.4. The van der Waals surface area contributed by atoms with Gasteiger partial charge in [0.05, 0.1) is 7.11 Å². The lowest BCUT2D eigenvalue weighted by molar-refractivity contribution is -0.117. The second-order valence-corrected chi connectivity index (χ2v) is 15.3. The van der Waals surface area contributed by atoms with Crippen molar-refractivity contribution in [3.05, 3.63) is 64.5 Å². The van der Waals surface area contributed by atoms with Crippen LogP contribution < -0.4 is 0 Å². The molecule has 1 aromatic rings. The van der Waals surface area contributed by atoms with E-state index in [1.807, 2.05) is 0 Å². The molecular formula is C48H76O5. The fourth-order valence-corrected chi connectivity index (χ4v) is 7.51. The fraction of sp³-hybridized carbons (Fsp3) is 0.667. The minimum Gasteiger partial charge on any atom is -0.508 e. The van der Waals surface area contributed by atoms with Crippen molar-refractivity contribution in [1.82, 2.24) is 0 Å². The molecule has 1 aliphatic rings. The van der Waals surface area contributed by atoms with Crippen LogP contribution in [0.5, 0.6) is 11.5 Å². The summed E-state index contributed by atoms with van der Waals surface area (Å²) in [6.45, 7) is 6.14. The number of hydrogen-bond donors (Lipinski definition) is 2. The van der Waals surface area contributed by atoms with Crippen molar-refractivity contribution < 1.29 is 24.5 Å². The lowest BCUT2D eigenvalue weighted by atomic mass is 9.80. The van der Waals surface area contributed by atoms with Crippen molar-refractivity contribution in [1.29, 1.82) is 0 Å². The Hall–Kier alpha value is -3.08. The van der Waals surface area contributed by atoms with Crippen LogP contribution in [0, 0.1) is 0 Å². The summed E-state index contributed by atoms with van der Waals surface area (Å²) in [5, 5.41) is 21.6. The molecular weight excluding hydrogens is 657 g/mol. The number of carbonyl (C=O) groups is 2. The first-order chi connectivity index (χ1) is 25.9. The zero-order chi connectivity index (χ0) is 38.5. The third-order valence-electron chi connectivity index (χ3n) is 10.7. The van der Waals surface area contributed by atoms with Crippen LogP contribution in [-0.2, 0) is 20.7 Å². The van der Waals surface area contributed by atoms with Crippen molar-refractivity contribution >= 4 is 17.1 Å². The number of hydrogen-bond acceptors (Lipinski definition) is 5. The van der Waals surface area contributed by atoms with Crippen molar-refractivity contribution in [2.24, 2.45) is 0 Å². The summed E-state index contributed by atoms with van der Waals surface area (Å²) < 4.78 is 5.43. The van der Waals surface area contributed by atoms with E-state index in [1.54, 1.807) is 13.0 Å². The molecule has 0 bridgehead atoms. The Balaban J connectivity index is 1.90. The van der Waals surface area contributed by atoms with Crippen LogP contribution in [0.4, 0.5) is 0 Å². The highest BCUT2D eigenvalue weighted by Crippen LogP contribution is 2.41. The molecule has 0 aromatic heterocycles. The molecule has 0 radical (unpaired) electrons. The van der Waals surface area contributed by atoms with Crippen LogP contribution >= 0.6 is 0 Å². The Morgan fingerprint density at radius 1 is 0.547 bits per heavy atom. The molecule has 5 heteroatoms. The van der Waals surface area contributed by atoms with Gasteiger partial charge < -0.3 is 14.9 Å². The molecule has 0 unspecified atom stereocenters. The van der Waals surface area contributed by atoms with Gasteiger partial charge in [-0.3, -0.25) is 9.59 Å². The standard InChI is InChI=1S/C48H76O5/c1-5-7-9-11-13-15-17-19-21-23-25-27-29-31-33-35-40-37-41(49)38-43(50)44(40)45-42(47(52)48(53-4)39(3)46(45)51)36-34-32-30-28-26-24-22-20-18-16-14-12-10-8-6-2/h19-22,37-38,49-50H,5-18,23-36H2,1-4H3/b21-19-,22-20-. The van der Waals surface area contributed by atoms with Gasteiger partial charge in [0.2, 0.25) is 5.78 Å². The molecule has 0 fully saturated rings. The molecule has 1 aromatic carbocycles. The number of ether oxygens (including phenoxy) is 1. The number of phenolic OH excluding ortho intramolecular Hbond substituents is 2. The molecule has 0 heterocycles. The minimum atomic E-state index is -0.281. The molecule has 2 N–H and O–H groups in total. The van der Waals surface area contributed by atoms with E-state index in [9.17, 15) is 19.8 Å². The Kier molecular flexibility index (Phi) is 25.5. The Morgan fingerprint density at radius 3 is 1.42 bits per heavy atom. The lowest BCUT2D eigenvalue weighted by Gasteiger charge is -2.24. The second kappa shape index (κ2) is 29.3. The normalized spacial score (nSPS) is 13.8. The van der Waals surface area contributed by atoms with E-state index in [2.05, 4.69) is 38.2 Å². The molecule has 0 saturated carbocycles. The van der Waals surface area contributed by atoms with Crippen molar-refractivity contribution in [3.63, 3.8) is 0 Å². The first kappa shape index (κ1) is 46.1. The molecule has 53 heavy (non-hydrogen) atoms. The first-order valence-corrected chi connectivity index (χ1v) is 21.8. The van der Waals surface area contributed by atoms with Crippen LogP contribution in [0.25, 0.3) is 5.57 Å². The number of phenols is 2. The van der Waals surface area contributed by atoms with Gasteiger partial charge in [0.1, 0.15) is 11.5 Å². The lowest BCUT2D eigenvalue weighted by Crippen LogP contribution is -2.24. The Morgan fingerprint density at radius 2 is 0.962 bits per heavy atom. The Bertz CT molecular complexity index is 1310. The van der Waals surface area contributed by atoms with Gasteiger partial charge in [-0.05, 0) is 95.6 Å². The molecule has 0 spiro atoms. The summed E-state index contributed by atoms with van der Waals surface area (Å²) in [5.74, 6) is -0.642. The van der Waals surface area contributed by atoms with Gasteiger partial charge in [0.15, 0.2) is 11.5 Å². The molecule has 0 aliphatic heterocycles. The number of methoxy groups -OCH3 is 1. The summed E-state index contributed by atoms with van der Waals surface area (Å²) in [6, 6.07) is 2.94. The van der Waals surface area contributed by atoms with Crippen molar-refractivity contribution in [2.75, 3.05) is 7.11 Å². The first-order valence-electron chi connectivity index (χ1n) is 21.8. The van der Waals surface area contributed by atoms with E-state index >= 15 is 0 Å². The van der Waals surface area contributed by atoms with Crippen LogP contribution in [0.1, 0.15) is 205 Å². The van der Waals surface area contributed by atoms with E-state index in [0.717, 1.165) is 64.2 Å². The quantitative estimate of drug-likeness (QED) is 0.0438. The van der Waals surface area contributed by atoms with Gasteiger partial charge in [0, 0.05) is 28.3 Å². The van der Waals surface area contributed by atoms with Gasteiger partial charge >= 0.3 is 0 Å². The molecule has 0 atom stereocenters. The highest BCUT2D eigenvalue weighted by molar-refractivity contribution is 6.39. The van der Waals surface area contributed by atoms with Crippen LogP contribution in [0.2, 0.25) is 0 Å². The van der Waals surface area contributed by atoms with E-state index in [0.29, 0.717) is 29.5 Å². The van der Waals surface area contributed by atoms with E-state index in [1.165, 1.54) is 116 Å². The number of aryl methyl sites for hydroxylation is 1. The average Bonchev–Trinajstić information content (AvgIpc) is 3.14. The maximum absolute atomic E-state index is 13.9. The number of rotatable bonds is 32. The van der Waals surface area contributed by atoms with E-state index in [-0.39, 0.29) is 40.0 Å². The van der Waals surface area contributed by atoms with Crippen LogP contribution in [-0.4, -0.2) is 28.9 Å². The molecule has 2 rings (SSSR count). The number of ketones is 2. The predicted octanol–water partition coefficient (Wildman–Crippen LogP) is 14.2. The number of aromatic hydroxyl groups is 2. The Labute approximate surface area is 324 Å². The zero-order valence-electron chi connectivity index (χ0n) is 34.4. The molecule has 0 amide bonds. The number of allylic oxidation sites excluding steroid dienone is 7. The monoisotopic (exact) mass is 733 g/mol. The smallest absolute Gasteiger partial charge is 0.224 e. The maximum atomic E-state index is 13.9. The van der Waals surface area contributed by atoms with Gasteiger partial charge in [0.25, 0.3) is 0 Å². The average molecular weight is 733 g/mol. The molecule has 0 saturated heterocycles. The maximum Gasteiger partial charge on any atom is 0.224 e. The largest absolute Gasteiger partial charge is 0.508 e. The van der Waals surface area contributed by atoms with Crippen molar-refractivity contribution in [3.8, 4) is 11.5 Å². The summed E-state index contributed by atoms with van der Waals surface area (Å²) >= 11 is 0. The molecule has 5 nitrogen and oxygen atoms in total. The highest BCUT2D eigenvalue weighted by atomic mass is 16.5. The third kappa shape index (κ3) is 18.2. The van der Waals surface area contributed by atoms with E-state index < -0.39 is 0 Å². The summed E-state index contributed by atoms with van der Waals surface area (Å²) in [7, 11) is 1.44.